The van der Waals surface area contributed by atoms with Crippen LogP contribution in [0.1, 0.15) is 28.0 Å². The number of aliphatic hydroxyl groups excluding tert-OH is 1. The summed E-state index contributed by atoms with van der Waals surface area (Å²) in [5, 5.41) is 17.1. The third kappa shape index (κ3) is 5.59. The van der Waals surface area contributed by atoms with Crippen LogP contribution in [0.3, 0.4) is 0 Å². The number of nitrogens with zero attached hydrogens (tertiary/aromatic N) is 4. The maximum absolute atomic E-state index is 14.7. The molecule has 15 heteroatoms. The van der Waals surface area contributed by atoms with Crippen molar-refractivity contribution in [2.75, 3.05) is 12.4 Å². The van der Waals surface area contributed by atoms with E-state index in [4.69, 9.17) is 4.18 Å². The van der Waals surface area contributed by atoms with Gasteiger partial charge in [-0.1, -0.05) is 12.1 Å². The van der Waals surface area contributed by atoms with Gasteiger partial charge < -0.3 is 10.4 Å². The highest BCUT2D eigenvalue weighted by Crippen LogP contribution is 2.30. The van der Waals surface area contributed by atoms with Crippen molar-refractivity contribution in [2.45, 2.75) is 37.4 Å². The molecule has 1 aliphatic rings. The number of hydrogen-bond acceptors (Lipinski definition) is 9. The molecule has 4 rings (SSSR count). The molecule has 4 atom stereocenters. The van der Waals surface area contributed by atoms with Crippen molar-refractivity contribution in [1.82, 2.24) is 24.5 Å². The number of ketones is 1. The summed E-state index contributed by atoms with van der Waals surface area (Å²) >= 11 is 3.13. The van der Waals surface area contributed by atoms with Crippen molar-refractivity contribution in [1.29, 1.82) is 0 Å². The number of alkyl halides is 1. The highest BCUT2D eigenvalue weighted by molar-refractivity contribution is 9.10. The van der Waals surface area contributed by atoms with Crippen molar-refractivity contribution in [3.8, 4) is 0 Å². The van der Waals surface area contributed by atoms with E-state index in [0.717, 1.165) is 13.4 Å². The second-order valence-corrected chi connectivity index (χ2v) is 10.3. The van der Waals surface area contributed by atoms with Gasteiger partial charge in [0.05, 0.1) is 22.6 Å². The third-order valence-corrected chi connectivity index (χ3v) is 7.21. The Kier molecular flexibility index (Phi) is 7.75. The van der Waals surface area contributed by atoms with Crippen LogP contribution in [0.4, 0.5) is 14.6 Å². The summed E-state index contributed by atoms with van der Waals surface area (Å²) in [4.78, 5) is 21.0. The molecule has 11 nitrogen and oxygen atoms in total. The fourth-order valence-electron chi connectivity index (χ4n) is 3.75. The number of aromatic nitrogens is 4. The molecule has 0 aliphatic heterocycles. The van der Waals surface area contributed by atoms with Gasteiger partial charge in [0, 0.05) is 31.4 Å². The first-order valence-electron chi connectivity index (χ1n) is 10.6. The van der Waals surface area contributed by atoms with Gasteiger partial charge in [-0.2, -0.15) is 18.2 Å². The lowest BCUT2D eigenvalue weighted by molar-refractivity contribution is 0.0248. The van der Waals surface area contributed by atoms with Crippen LogP contribution in [0, 0.1) is 5.82 Å². The number of aliphatic hydroxyl groups is 1. The summed E-state index contributed by atoms with van der Waals surface area (Å²) < 4.78 is 60.7. The maximum atomic E-state index is 14.7. The van der Waals surface area contributed by atoms with Gasteiger partial charge in [-0.3, -0.25) is 13.7 Å². The number of carbonyl (C=O) groups excluding carboxylic acids is 1. The zero-order valence-electron chi connectivity index (χ0n) is 18.7. The van der Waals surface area contributed by atoms with Crippen molar-refractivity contribution < 1.29 is 31.3 Å². The Morgan fingerprint density at radius 1 is 1.36 bits per heavy atom. The summed E-state index contributed by atoms with van der Waals surface area (Å²) in [6.45, 7) is 0.0787. The monoisotopic (exact) mass is 586 g/mol. The largest absolute Gasteiger partial charge is 0.387 e. The molecule has 0 saturated heterocycles. The van der Waals surface area contributed by atoms with Crippen LogP contribution in [-0.4, -0.2) is 70.5 Å². The second-order valence-electron chi connectivity index (χ2n) is 7.94. The third-order valence-electron chi connectivity index (χ3n) is 5.59. The molecule has 0 radical (unpaired) electrons. The topological polar surface area (TPSA) is 148 Å². The van der Waals surface area contributed by atoms with Crippen LogP contribution < -0.4 is 10.0 Å². The van der Waals surface area contributed by atoms with Gasteiger partial charge in [0.2, 0.25) is 5.78 Å². The van der Waals surface area contributed by atoms with Gasteiger partial charge in [-0.15, -0.1) is 0 Å². The van der Waals surface area contributed by atoms with Gasteiger partial charge in [0.25, 0.3) is 0 Å². The molecule has 0 bridgehead atoms. The maximum Gasteiger partial charge on any atom is 0.335 e. The first-order chi connectivity index (χ1) is 17.1. The van der Waals surface area contributed by atoms with E-state index in [-0.39, 0.29) is 30.0 Å². The molecule has 1 saturated carbocycles. The zero-order valence-corrected chi connectivity index (χ0v) is 21.1. The minimum atomic E-state index is -4.16. The highest BCUT2D eigenvalue weighted by Gasteiger charge is 2.46. The Balaban J connectivity index is 1.51. The van der Waals surface area contributed by atoms with Crippen LogP contribution in [0.5, 0.6) is 0 Å². The molecular weight excluding hydrogens is 566 g/mol. The molecule has 1 aliphatic carbocycles. The molecule has 192 valence electrons. The Morgan fingerprint density at radius 3 is 2.89 bits per heavy atom. The lowest BCUT2D eigenvalue weighted by atomic mass is 10.1. The molecule has 0 spiro atoms. The van der Waals surface area contributed by atoms with E-state index in [1.807, 2.05) is 4.72 Å². The minimum Gasteiger partial charge on any atom is -0.387 e. The smallest absolute Gasteiger partial charge is 0.335 e. The van der Waals surface area contributed by atoms with Crippen LogP contribution in [0.15, 0.2) is 47.5 Å². The average molecular weight is 587 g/mol. The highest BCUT2D eigenvalue weighted by atomic mass is 79.9. The molecule has 3 aromatic rings. The molecule has 3 N–H and O–H groups in total. The quantitative estimate of drug-likeness (QED) is 0.318. The summed E-state index contributed by atoms with van der Waals surface area (Å²) in [5.41, 5.74) is 0.362. The molecule has 2 heterocycles. The Bertz CT molecular complexity index is 1370. The SMILES string of the molecule is CNS(=O)(=O)O[C@@H]1C[C@@H](Nc2ncncc2C(=O)c2ccn(Cc3cccc(Br)c3F)n2)[C@@H](F)[C@@H]1O. The lowest BCUT2D eigenvalue weighted by Crippen LogP contribution is -2.35. The summed E-state index contributed by atoms with van der Waals surface area (Å²) in [5.74, 6) is -1.04. The van der Waals surface area contributed by atoms with Crippen LogP contribution in [-0.2, 0) is 21.0 Å². The number of hydrogen-bond donors (Lipinski definition) is 3. The van der Waals surface area contributed by atoms with Gasteiger partial charge in [-0.05, 0) is 28.1 Å². The molecule has 36 heavy (non-hydrogen) atoms. The first-order valence-corrected chi connectivity index (χ1v) is 12.8. The Hall–Kier alpha value is -2.85. The first kappa shape index (κ1) is 26.2. The number of benzene rings is 1. The van der Waals surface area contributed by atoms with Gasteiger partial charge in [-0.25, -0.2) is 18.7 Å². The molecule has 2 aromatic heterocycles. The zero-order chi connectivity index (χ0) is 26.0. The molecule has 1 aromatic carbocycles. The van der Waals surface area contributed by atoms with E-state index in [2.05, 4.69) is 36.3 Å². The van der Waals surface area contributed by atoms with E-state index in [0.29, 0.717) is 10.0 Å². The van der Waals surface area contributed by atoms with Crippen molar-refractivity contribution in [2.24, 2.45) is 0 Å². The van der Waals surface area contributed by atoms with Crippen LogP contribution in [0.25, 0.3) is 0 Å². The number of rotatable bonds is 9. The number of nitrogens with one attached hydrogen (secondary N) is 2. The molecular formula is C21H21BrF2N6O5S. The molecule has 0 amide bonds. The van der Waals surface area contributed by atoms with E-state index in [1.165, 1.54) is 23.1 Å². The van der Waals surface area contributed by atoms with E-state index >= 15 is 0 Å². The lowest BCUT2D eigenvalue weighted by Gasteiger charge is -2.17. The van der Waals surface area contributed by atoms with Gasteiger partial charge in [0.15, 0.2) is 0 Å². The second kappa shape index (κ2) is 10.6. The van der Waals surface area contributed by atoms with Crippen molar-refractivity contribution >= 4 is 37.8 Å². The van der Waals surface area contributed by atoms with Gasteiger partial charge >= 0.3 is 10.3 Å². The summed E-state index contributed by atoms with van der Waals surface area (Å²) in [6, 6.07) is 5.19. The van der Waals surface area contributed by atoms with Crippen molar-refractivity contribution in [3.05, 3.63) is 70.1 Å². The van der Waals surface area contributed by atoms with E-state index < -0.39 is 46.3 Å². The van der Waals surface area contributed by atoms with Gasteiger partial charge in [0.1, 0.15) is 42.0 Å². The molecule has 0 unspecified atom stereocenters. The van der Waals surface area contributed by atoms with Crippen LogP contribution >= 0.6 is 15.9 Å². The molecule has 1 fully saturated rings. The fourth-order valence-corrected chi connectivity index (χ4v) is 4.77. The number of anilines is 1. The minimum absolute atomic E-state index is 0.0211. The summed E-state index contributed by atoms with van der Waals surface area (Å²) in [6.07, 6.45) is -1.30. The summed E-state index contributed by atoms with van der Waals surface area (Å²) in [7, 11) is -3.04. The van der Waals surface area contributed by atoms with E-state index in [1.54, 1.807) is 18.2 Å². The average Bonchev–Trinajstić information content (AvgIpc) is 3.42. The predicted molar refractivity (Wildman–Crippen MR) is 127 cm³/mol. The standard InChI is InChI=1S/C21H21BrF2N6O5S/c1-25-36(33,34)35-16-7-15(18(24)20(16)32)28-21-12(8-26-10-27-21)19(31)14-5-6-30(29-14)9-11-3-2-4-13(22)17(11)23/h2-6,8,10,15-16,18,20,25,32H,7,9H2,1H3,(H,26,27,28)/t15-,16-,18-,20-/m1/s1. The fraction of sp³-hybridized carbons (Fsp3) is 0.333. The normalized spacial score (nSPS) is 22.0. The predicted octanol–water partition coefficient (Wildman–Crippen LogP) is 1.59. The number of carbonyl (C=O) groups is 1. The number of halogens is 3. The van der Waals surface area contributed by atoms with Crippen LogP contribution in [0.2, 0.25) is 0 Å². The Labute approximate surface area is 213 Å². The van der Waals surface area contributed by atoms with E-state index in [9.17, 15) is 27.1 Å². The Morgan fingerprint density at radius 2 is 2.14 bits per heavy atom. The van der Waals surface area contributed by atoms with Crippen molar-refractivity contribution in [3.63, 3.8) is 0 Å².